The van der Waals surface area contributed by atoms with Gasteiger partial charge in [-0.3, -0.25) is 4.79 Å². The molecule has 1 amide bonds. The van der Waals surface area contributed by atoms with Crippen LogP contribution < -0.4 is 15.4 Å². The van der Waals surface area contributed by atoms with Crippen LogP contribution in [0.25, 0.3) is 11.2 Å². The lowest BCUT2D eigenvalue weighted by Gasteiger charge is -2.23. The molecule has 9 heteroatoms. The molecule has 1 saturated heterocycles. The number of rotatable bonds is 11. The van der Waals surface area contributed by atoms with E-state index in [1.165, 1.54) is 37.7 Å². The van der Waals surface area contributed by atoms with Crippen LogP contribution in [0.3, 0.4) is 0 Å². The number of fused-ring (bicyclic) bond motifs is 1. The molecule has 0 radical (unpaired) electrons. The van der Waals surface area contributed by atoms with Crippen molar-refractivity contribution in [3.8, 4) is 5.75 Å². The van der Waals surface area contributed by atoms with Crippen molar-refractivity contribution < 1.29 is 9.53 Å². The summed E-state index contributed by atoms with van der Waals surface area (Å²) in [6.45, 7) is 3.12. The van der Waals surface area contributed by atoms with Gasteiger partial charge >= 0.3 is 0 Å². The van der Waals surface area contributed by atoms with E-state index in [2.05, 4.69) is 27.3 Å². The first-order valence-electron chi connectivity index (χ1n) is 13.3. The maximum atomic E-state index is 11.9. The number of benzene rings is 1. The Kier molecular flexibility index (Phi) is 7.83. The molecule has 192 valence electrons. The molecule has 1 aliphatic carbocycles. The summed E-state index contributed by atoms with van der Waals surface area (Å²) in [6.07, 6.45) is 11.5. The van der Waals surface area contributed by atoms with Crippen molar-refractivity contribution in [2.24, 2.45) is 0 Å². The minimum absolute atomic E-state index is 0.271. The fraction of sp³-hybridized carbons (Fsp3) is 0.556. The highest BCUT2D eigenvalue weighted by atomic mass is 16.5. The van der Waals surface area contributed by atoms with Crippen molar-refractivity contribution in [1.82, 2.24) is 24.4 Å². The number of nitrogens with zero attached hydrogens (tertiary/aromatic N) is 5. The Morgan fingerprint density at radius 3 is 2.61 bits per heavy atom. The number of amides is 1. The third kappa shape index (κ3) is 5.71. The highest BCUT2D eigenvalue weighted by Gasteiger charge is 2.21. The first-order chi connectivity index (χ1) is 17.7. The summed E-state index contributed by atoms with van der Waals surface area (Å²) in [7, 11) is 1.68. The molecule has 1 saturated carbocycles. The fourth-order valence-electron chi connectivity index (χ4n) is 5.27. The van der Waals surface area contributed by atoms with E-state index in [4.69, 9.17) is 19.7 Å². The molecular weight excluding hydrogens is 454 g/mol. The number of ether oxygens (including phenoxy) is 1. The van der Waals surface area contributed by atoms with Crippen LogP contribution in [0.2, 0.25) is 0 Å². The molecule has 0 bridgehead atoms. The lowest BCUT2D eigenvalue weighted by molar-refractivity contribution is -0.127. The summed E-state index contributed by atoms with van der Waals surface area (Å²) < 4.78 is 7.51. The summed E-state index contributed by atoms with van der Waals surface area (Å²) in [4.78, 5) is 28.2. The second-order valence-electron chi connectivity index (χ2n) is 9.80. The van der Waals surface area contributed by atoms with Crippen LogP contribution in [0, 0.1) is 0 Å². The summed E-state index contributed by atoms with van der Waals surface area (Å²) in [5, 5.41) is 6.91. The van der Waals surface area contributed by atoms with Gasteiger partial charge in [-0.25, -0.2) is 4.98 Å². The molecule has 5 rings (SSSR count). The number of anilines is 2. The number of aromatic nitrogens is 4. The normalized spacial score (nSPS) is 16.6. The highest BCUT2D eigenvalue weighted by Crippen LogP contribution is 2.32. The Hall–Kier alpha value is -3.36. The van der Waals surface area contributed by atoms with E-state index in [0.29, 0.717) is 18.4 Å². The summed E-state index contributed by atoms with van der Waals surface area (Å²) in [5.41, 5.74) is 2.95. The summed E-state index contributed by atoms with van der Waals surface area (Å²) >= 11 is 0. The first-order valence-corrected chi connectivity index (χ1v) is 13.3. The van der Waals surface area contributed by atoms with E-state index in [9.17, 15) is 4.79 Å². The number of methoxy groups -OCH3 is 1. The minimum Gasteiger partial charge on any atom is -0.497 e. The molecular formula is C27H37N7O2. The molecule has 2 fully saturated rings. The molecule has 0 unspecified atom stereocenters. The maximum Gasteiger partial charge on any atom is 0.226 e. The number of carbonyl (C=O) groups excluding carboxylic acids is 1. The number of hydrogen-bond donors (Lipinski definition) is 2. The van der Waals surface area contributed by atoms with E-state index < -0.39 is 0 Å². The third-order valence-electron chi connectivity index (χ3n) is 7.31. The predicted molar refractivity (Wildman–Crippen MR) is 142 cm³/mol. The third-order valence-corrected chi connectivity index (χ3v) is 7.31. The van der Waals surface area contributed by atoms with Gasteiger partial charge in [0.05, 0.1) is 13.4 Å². The quantitative estimate of drug-likeness (QED) is 0.383. The Morgan fingerprint density at radius 2 is 1.86 bits per heavy atom. The molecule has 3 aromatic rings. The van der Waals surface area contributed by atoms with Gasteiger partial charge < -0.3 is 24.8 Å². The Balaban J connectivity index is 1.29. The van der Waals surface area contributed by atoms with E-state index >= 15 is 0 Å². The average molecular weight is 492 g/mol. The minimum atomic E-state index is 0.271. The van der Waals surface area contributed by atoms with Crippen molar-refractivity contribution in [1.29, 1.82) is 0 Å². The average Bonchev–Trinajstić information content (AvgIpc) is 3.53. The van der Waals surface area contributed by atoms with Gasteiger partial charge in [-0.2, -0.15) is 9.97 Å². The topological polar surface area (TPSA) is 97.2 Å². The van der Waals surface area contributed by atoms with Gasteiger partial charge in [0.15, 0.2) is 17.0 Å². The van der Waals surface area contributed by atoms with Gasteiger partial charge in [-0.05, 0) is 49.8 Å². The monoisotopic (exact) mass is 491 g/mol. The Labute approximate surface area is 212 Å². The maximum absolute atomic E-state index is 11.9. The van der Waals surface area contributed by atoms with E-state index in [1.807, 2.05) is 23.4 Å². The summed E-state index contributed by atoms with van der Waals surface area (Å²) in [5.74, 6) is 2.51. The molecule has 2 N–H and O–H groups in total. The van der Waals surface area contributed by atoms with Gasteiger partial charge in [-0.1, -0.05) is 31.4 Å². The van der Waals surface area contributed by atoms with Crippen LogP contribution in [0.1, 0.15) is 63.0 Å². The molecule has 0 spiro atoms. The van der Waals surface area contributed by atoms with Crippen molar-refractivity contribution in [2.75, 3.05) is 43.9 Å². The SMILES string of the molecule is COc1ccc(CCNc2nc(NCCCN3CCCC3=O)nc3c2ncn3C2CCCCC2)cc1. The van der Waals surface area contributed by atoms with E-state index in [1.54, 1.807) is 7.11 Å². The standard InChI is InChI=1S/C27H37N7O2/c1-36-22-12-10-20(11-13-22)14-16-28-25-24-26(34(19-30-24)21-7-3-2-4-8-21)32-27(31-25)29-15-6-18-33-17-5-9-23(33)35/h10-13,19,21H,2-9,14-18H2,1H3,(H2,28,29,31,32). The Morgan fingerprint density at radius 1 is 1.03 bits per heavy atom. The second kappa shape index (κ2) is 11.6. The molecule has 36 heavy (non-hydrogen) atoms. The molecule has 2 aliphatic rings. The predicted octanol–water partition coefficient (Wildman–Crippen LogP) is 4.42. The Bertz CT molecular complexity index is 1150. The van der Waals surface area contributed by atoms with Crippen molar-refractivity contribution in [2.45, 2.75) is 63.8 Å². The zero-order valence-corrected chi connectivity index (χ0v) is 21.2. The number of likely N-dealkylation sites (tertiary alicyclic amines) is 1. The van der Waals surface area contributed by atoms with Crippen molar-refractivity contribution in [3.63, 3.8) is 0 Å². The zero-order valence-electron chi connectivity index (χ0n) is 21.2. The van der Waals surface area contributed by atoms with Gasteiger partial charge in [0.1, 0.15) is 5.75 Å². The largest absolute Gasteiger partial charge is 0.497 e. The molecule has 9 nitrogen and oxygen atoms in total. The lowest BCUT2D eigenvalue weighted by atomic mass is 9.95. The van der Waals surface area contributed by atoms with Crippen molar-refractivity contribution in [3.05, 3.63) is 36.2 Å². The van der Waals surface area contributed by atoms with Crippen LogP contribution in [-0.2, 0) is 11.2 Å². The number of nitrogens with one attached hydrogen (secondary N) is 2. The molecule has 0 atom stereocenters. The molecule has 3 heterocycles. The van der Waals surface area contributed by atoms with Crippen LogP contribution in [0.4, 0.5) is 11.8 Å². The second-order valence-corrected chi connectivity index (χ2v) is 9.80. The summed E-state index contributed by atoms with van der Waals surface area (Å²) in [6, 6.07) is 8.60. The van der Waals surface area contributed by atoms with Crippen molar-refractivity contribution >= 4 is 28.8 Å². The van der Waals surface area contributed by atoms with Crippen LogP contribution in [0.15, 0.2) is 30.6 Å². The molecule has 1 aliphatic heterocycles. The molecule has 2 aromatic heterocycles. The van der Waals surface area contributed by atoms with Gasteiger partial charge in [0.2, 0.25) is 11.9 Å². The van der Waals surface area contributed by atoms with Crippen LogP contribution in [-0.4, -0.2) is 63.6 Å². The lowest BCUT2D eigenvalue weighted by Crippen LogP contribution is -2.27. The number of carbonyl (C=O) groups is 1. The van der Waals surface area contributed by atoms with Gasteiger partial charge in [0, 0.05) is 38.6 Å². The highest BCUT2D eigenvalue weighted by molar-refractivity contribution is 5.84. The molecule has 1 aromatic carbocycles. The van der Waals surface area contributed by atoms with Crippen LogP contribution in [0.5, 0.6) is 5.75 Å². The van der Waals surface area contributed by atoms with Gasteiger partial charge in [-0.15, -0.1) is 0 Å². The number of hydrogen-bond acceptors (Lipinski definition) is 7. The van der Waals surface area contributed by atoms with E-state index in [0.717, 1.165) is 68.2 Å². The van der Waals surface area contributed by atoms with E-state index in [-0.39, 0.29) is 5.91 Å². The zero-order chi connectivity index (χ0) is 24.7. The first kappa shape index (κ1) is 24.3. The number of imidazole rings is 1. The fourth-order valence-corrected chi connectivity index (χ4v) is 5.27. The van der Waals surface area contributed by atoms with Gasteiger partial charge in [0.25, 0.3) is 0 Å². The van der Waals surface area contributed by atoms with Crippen LogP contribution >= 0.6 is 0 Å². The smallest absolute Gasteiger partial charge is 0.226 e.